The standard InChI is InChI=1S/C11H10N6O/c1-17-6-14-5-9(17)10-15-11(18-16-10)7-2-3-13-4-8(7)12/h2-6H,12H2,1H3. The van der Waals surface area contributed by atoms with Crippen molar-refractivity contribution in [2.75, 3.05) is 5.73 Å². The van der Waals surface area contributed by atoms with E-state index >= 15 is 0 Å². The van der Waals surface area contributed by atoms with E-state index in [4.69, 9.17) is 10.3 Å². The Morgan fingerprint density at radius 1 is 1.28 bits per heavy atom. The van der Waals surface area contributed by atoms with Crippen LogP contribution in [0.25, 0.3) is 23.0 Å². The molecular formula is C11H10N6O. The van der Waals surface area contributed by atoms with E-state index < -0.39 is 0 Å². The number of hydrogen-bond acceptors (Lipinski definition) is 6. The van der Waals surface area contributed by atoms with E-state index in [2.05, 4.69) is 20.1 Å². The summed E-state index contributed by atoms with van der Waals surface area (Å²) in [6.07, 6.45) is 6.51. The summed E-state index contributed by atoms with van der Waals surface area (Å²) in [4.78, 5) is 12.2. The Morgan fingerprint density at radius 2 is 2.17 bits per heavy atom. The molecule has 0 aliphatic rings. The fourth-order valence-corrected chi connectivity index (χ4v) is 1.61. The van der Waals surface area contributed by atoms with E-state index in [9.17, 15) is 0 Å². The minimum Gasteiger partial charge on any atom is -0.397 e. The molecular weight excluding hydrogens is 232 g/mol. The molecule has 0 saturated carbocycles. The first-order chi connectivity index (χ1) is 8.75. The highest BCUT2D eigenvalue weighted by atomic mass is 16.5. The van der Waals surface area contributed by atoms with Gasteiger partial charge in [0.15, 0.2) is 0 Å². The van der Waals surface area contributed by atoms with E-state index in [-0.39, 0.29) is 0 Å². The molecule has 3 aromatic rings. The Morgan fingerprint density at radius 3 is 2.89 bits per heavy atom. The summed E-state index contributed by atoms with van der Waals surface area (Å²) in [6.45, 7) is 0. The smallest absolute Gasteiger partial charge is 0.260 e. The Labute approximate surface area is 102 Å². The lowest BCUT2D eigenvalue weighted by atomic mass is 10.2. The molecule has 0 unspecified atom stereocenters. The summed E-state index contributed by atoms with van der Waals surface area (Å²) in [7, 11) is 1.86. The molecule has 0 aliphatic heterocycles. The molecule has 0 saturated heterocycles. The van der Waals surface area contributed by atoms with Crippen LogP contribution in [-0.4, -0.2) is 24.7 Å². The number of anilines is 1. The average molecular weight is 242 g/mol. The lowest BCUT2D eigenvalue weighted by Gasteiger charge is -1.97. The minimum atomic E-state index is 0.367. The molecule has 3 aromatic heterocycles. The second kappa shape index (κ2) is 3.95. The van der Waals surface area contributed by atoms with Crippen molar-refractivity contribution in [1.29, 1.82) is 0 Å². The number of imidazole rings is 1. The molecule has 0 atom stereocenters. The third-order valence-electron chi connectivity index (χ3n) is 2.55. The van der Waals surface area contributed by atoms with Crippen LogP contribution in [0.1, 0.15) is 0 Å². The van der Waals surface area contributed by atoms with E-state index in [1.165, 1.54) is 0 Å². The molecule has 0 bridgehead atoms. The second-order valence-corrected chi connectivity index (χ2v) is 3.78. The Hall–Kier alpha value is -2.70. The number of aromatic nitrogens is 5. The van der Waals surface area contributed by atoms with E-state index in [0.29, 0.717) is 23.0 Å². The van der Waals surface area contributed by atoms with Gasteiger partial charge in [-0.15, -0.1) is 0 Å². The van der Waals surface area contributed by atoms with Crippen LogP contribution >= 0.6 is 0 Å². The summed E-state index contributed by atoms with van der Waals surface area (Å²) in [6, 6.07) is 1.73. The summed E-state index contributed by atoms with van der Waals surface area (Å²) in [5.41, 5.74) is 7.75. The van der Waals surface area contributed by atoms with Crippen molar-refractivity contribution in [3.05, 3.63) is 31.0 Å². The molecule has 7 heteroatoms. The van der Waals surface area contributed by atoms with Gasteiger partial charge in [-0.1, -0.05) is 5.16 Å². The first-order valence-electron chi connectivity index (χ1n) is 5.26. The molecule has 3 heterocycles. The maximum absolute atomic E-state index is 5.80. The van der Waals surface area contributed by atoms with Gasteiger partial charge < -0.3 is 14.8 Å². The van der Waals surface area contributed by atoms with Crippen LogP contribution in [-0.2, 0) is 7.05 Å². The van der Waals surface area contributed by atoms with Gasteiger partial charge in [0.25, 0.3) is 5.89 Å². The number of pyridine rings is 1. The van der Waals surface area contributed by atoms with Gasteiger partial charge in [0, 0.05) is 13.2 Å². The number of hydrogen-bond donors (Lipinski definition) is 1. The van der Waals surface area contributed by atoms with Crippen LogP contribution in [0.15, 0.2) is 35.5 Å². The van der Waals surface area contributed by atoms with Crippen LogP contribution in [0.3, 0.4) is 0 Å². The predicted molar refractivity (Wildman–Crippen MR) is 64.1 cm³/mol. The molecule has 3 rings (SSSR count). The van der Waals surface area contributed by atoms with Crippen molar-refractivity contribution in [2.45, 2.75) is 0 Å². The van der Waals surface area contributed by atoms with Crippen molar-refractivity contribution < 1.29 is 4.52 Å². The van der Waals surface area contributed by atoms with Crippen molar-refractivity contribution >= 4 is 5.69 Å². The Balaban J connectivity index is 2.05. The van der Waals surface area contributed by atoms with E-state index in [1.54, 1.807) is 31.0 Å². The maximum atomic E-state index is 5.80. The van der Waals surface area contributed by atoms with Gasteiger partial charge in [-0.25, -0.2) is 4.98 Å². The Kier molecular flexibility index (Phi) is 2.30. The molecule has 0 amide bonds. The molecule has 2 N–H and O–H groups in total. The van der Waals surface area contributed by atoms with Gasteiger partial charge in [0.1, 0.15) is 5.69 Å². The van der Waals surface area contributed by atoms with Crippen LogP contribution in [0.5, 0.6) is 0 Å². The first kappa shape index (κ1) is 10.5. The molecule has 0 aromatic carbocycles. The van der Waals surface area contributed by atoms with Gasteiger partial charge in [-0.2, -0.15) is 4.98 Å². The lowest BCUT2D eigenvalue weighted by Crippen LogP contribution is -1.92. The highest BCUT2D eigenvalue weighted by molar-refractivity contribution is 5.69. The van der Waals surface area contributed by atoms with Crippen molar-refractivity contribution in [3.63, 3.8) is 0 Å². The maximum Gasteiger partial charge on any atom is 0.260 e. The van der Waals surface area contributed by atoms with Crippen molar-refractivity contribution in [1.82, 2.24) is 24.7 Å². The summed E-state index contributed by atoms with van der Waals surface area (Å²) in [5.74, 6) is 0.840. The highest BCUT2D eigenvalue weighted by Crippen LogP contribution is 2.25. The summed E-state index contributed by atoms with van der Waals surface area (Å²) in [5, 5.41) is 3.91. The largest absolute Gasteiger partial charge is 0.397 e. The zero-order valence-electron chi connectivity index (χ0n) is 9.61. The highest BCUT2D eigenvalue weighted by Gasteiger charge is 2.14. The number of nitrogens with two attached hydrogens (primary N) is 1. The average Bonchev–Trinajstić information content (AvgIpc) is 2.98. The van der Waals surface area contributed by atoms with Crippen LogP contribution in [0.4, 0.5) is 5.69 Å². The van der Waals surface area contributed by atoms with E-state index in [1.807, 2.05) is 11.6 Å². The molecule has 90 valence electrons. The molecule has 0 spiro atoms. The van der Waals surface area contributed by atoms with Gasteiger partial charge in [-0.3, -0.25) is 4.98 Å². The molecule has 18 heavy (non-hydrogen) atoms. The third kappa shape index (κ3) is 1.61. The number of nitrogens with zero attached hydrogens (tertiary/aromatic N) is 5. The third-order valence-corrected chi connectivity index (χ3v) is 2.55. The van der Waals surface area contributed by atoms with E-state index in [0.717, 1.165) is 5.69 Å². The number of aryl methyl sites for hydroxylation is 1. The quantitative estimate of drug-likeness (QED) is 0.723. The molecule has 0 aliphatic carbocycles. The number of rotatable bonds is 2. The van der Waals surface area contributed by atoms with Crippen LogP contribution in [0.2, 0.25) is 0 Å². The zero-order valence-corrected chi connectivity index (χ0v) is 9.61. The first-order valence-corrected chi connectivity index (χ1v) is 5.26. The van der Waals surface area contributed by atoms with Crippen LogP contribution in [0, 0.1) is 0 Å². The molecule has 0 fully saturated rings. The fraction of sp³-hybridized carbons (Fsp3) is 0.0909. The number of nitrogen functional groups attached to an aromatic ring is 1. The van der Waals surface area contributed by atoms with Crippen molar-refractivity contribution in [2.24, 2.45) is 7.05 Å². The minimum absolute atomic E-state index is 0.367. The van der Waals surface area contributed by atoms with Crippen LogP contribution < -0.4 is 5.73 Å². The van der Waals surface area contributed by atoms with Gasteiger partial charge in [0.2, 0.25) is 5.82 Å². The fourth-order valence-electron chi connectivity index (χ4n) is 1.61. The second-order valence-electron chi connectivity index (χ2n) is 3.78. The Bertz CT molecular complexity index is 686. The SMILES string of the molecule is Cn1cncc1-c1noc(-c2ccncc2N)n1. The summed E-state index contributed by atoms with van der Waals surface area (Å²) < 4.78 is 7.01. The topological polar surface area (TPSA) is 95.7 Å². The molecule has 7 nitrogen and oxygen atoms in total. The predicted octanol–water partition coefficient (Wildman–Crippen LogP) is 1.11. The summed E-state index contributed by atoms with van der Waals surface area (Å²) >= 11 is 0. The zero-order chi connectivity index (χ0) is 12.5. The van der Waals surface area contributed by atoms with Gasteiger partial charge in [0.05, 0.1) is 30.0 Å². The monoisotopic (exact) mass is 242 g/mol. The molecule has 0 radical (unpaired) electrons. The van der Waals surface area contributed by atoms with Gasteiger partial charge in [-0.05, 0) is 6.07 Å². The van der Waals surface area contributed by atoms with Crippen molar-refractivity contribution in [3.8, 4) is 23.0 Å². The lowest BCUT2D eigenvalue weighted by molar-refractivity contribution is 0.432. The normalized spacial score (nSPS) is 10.7. The van der Waals surface area contributed by atoms with Gasteiger partial charge >= 0.3 is 0 Å².